The van der Waals surface area contributed by atoms with Gasteiger partial charge < -0.3 is 9.64 Å². The quantitative estimate of drug-likeness (QED) is 0.486. The molecule has 1 aliphatic rings. The maximum absolute atomic E-state index is 13.7. The summed E-state index contributed by atoms with van der Waals surface area (Å²) in [6, 6.07) is 11.0. The first kappa shape index (κ1) is 20.6. The van der Waals surface area contributed by atoms with E-state index in [2.05, 4.69) is 9.83 Å². The predicted octanol–water partition coefficient (Wildman–Crippen LogP) is 5.81. The van der Waals surface area contributed by atoms with Crippen LogP contribution in [-0.2, 0) is 0 Å². The van der Waals surface area contributed by atoms with E-state index in [0.29, 0.717) is 34.1 Å². The Balaban J connectivity index is 1.92. The van der Waals surface area contributed by atoms with Crippen molar-refractivity contribution in [1.82, 2.24) is 4.98 Å². The van der Waals surface area contributed by atoms with Crippen molar-refractivity contribution in [3.8, 4) is 5.88 Å². The fourth-order valence-electron chi connectivity index (χ4n) is 3.70. The number of hydrogen-bond acceptors (Lipinski definition) is 4. The summed E-state index contributed by atoms with van der Waals surface area (Å²) in [7, 11) is 1.53. The van der Waals surface area contributed by atoms with Crippen molar-refractivity contribution in [1.29, 1.82) is 0 Å². The molecular formula is C23H18ClFN4O2. The van der Waals surface area contributed by atoms with Gasteiger partial charge in [0.2, 0.25) is 11.6 Å². The van der Waals surface area contributed by atoms with Gasteiger partial charge in [0, 0.05) is 22.5 Å². The number of anilines is 3. The number of rotatable bonds is 3. The van der Waals surface area contributed by atoms with Crippen LogP contribution in [0.3, 0.4) is 0 Å². The van der Waals surface area contributed by atoms with E-state index in [0.717, 1.165) is 5.69 Å². The first-order chi connectivity index (χ1) is 14.8. The minimum Gasteiger partial charge on any atom is -0.481 e. The largest absolute Gasteiger partial charge is 0.481 e. The summed E-state index contributed by atoms with van der Waals surface area (Å²) in [5.74, 6) is -0.166. The molecule has 0 aliphatic carbocycles. The number of halogens is 2. The van der Waals surface area contributed by atoms with Gasteiger partial charge in [0.15, 0.2) is 0 Å². The summed E-state index contributed by atoms with van der Waals surface area (Å²) in [6.45, 7) is 11.1. The average molecular weight is 437 g/mol. The van der Waals surface area contributed by atoms with Crippen LogP contribution in [0, 0.1) is 26.2 Å². The Morgan fingerprint density at radius 2 is 1.84 bits per heavy atom. The molecule has 1 amide bonds. The fraction of sp³-hybridized carbons (Fsp3) is 0.174. The minimum atomic E-state index is -0.348. The number of methoxy groups -OCH3 is 1. The summed E-state index contributed by atoms with van der Waals surface area (Å²) >= 11 is 6.26. The fourth-order valence-corrected chi connectivity index (χ4v) is 3.91. The number of fused-ring (bicyclic) bond motifs is 1. The molecular weight excluding hydrogens is 419 g/mol. The maximum atomic E-state index is 13.7. The Bertz CT molecular complexity index is 1260. The Morgan fingerprint density at radius 3 is 2.48 bits per heavy atom. The van der Waals surface area contributed by atoms with Gasteiger partial charge in [0.05, 0.1) is 30.6 Å². The summed E-state index contributed by atoms with van der Waals surface area (Å²) in [5, 5.41) is 0.198. The molecule has 6 nitrogen and oxygen atoms in total. The van der Waals surface area contributed by atoms with E-state index < -0.39 is 0 Å². The van der Waals surface area contributed by atoms with Crippen molar-refractivity contribution >= 4 is 40.3 Å². The van der Waals surface area contributed by atoms with Crippen LogP contribution in [-0.4, -0.2) is 24.7 Å². The Labute approximate surface area is 184 Å². The molecule has 2 heterocycles. The lowest BCUT2D eigenvalue weighted by Gasteiger charge is -2.39. The third-order valence-corrected chi connectivity index (χ3v) is 5.52. The number of carbonyl (C=O) groups excluding carboxylic acids is 1. The highest BCUT2D eigenvalue weighted by Gasteiger charge is 2.33. The molecule has 0 N–H and O–H groups in total. The zero-order valence-corrected chi connectivity index (χ0v) is 17.9. The van der Waals surface area contributed by atoms with Crippen LogP contribution in [0.25, 0.3) is 4.85 Å². The normalized spacial score (nSPS) is 13.1. The standard InChI is InChI=1S/C23H18ClFN4O2/c1-13-9-15(25)5-6-19(13)28-12-29(20-7-8-22(31-4)27-14(20)2)23(30)16-10-17(24)18(26-3)11-21(16)28/h5-11H,12H2,1-2,4H3. The Morgan fingerprint density at radius 1 is 1.10 bits per heavy atom. The lowest BCUT2D eigenvalue weighted by atomic mass is 10.0. The number of ether oxygens (including phenoxy) is 1. The Kier molecular flexibility index (Phi) is 5.25. The number of aryl methyl sites for hydroxylation is 2. The minimum absolute atomic E-state index is 0.159. The lowest BCUT2D eigenvalue weighted by Crippen LogP contribution is -2.45. The van der Waals surface area contributed by atoms with Gasteiger partial charge >= 0.3 is 0 Å². The van der Waals surface area contributed by atoms with E-state index in [4.69, 9.17) is 22.9 Å². The molecule has 0 bridgehead atoms. The summed E-state index contributed by atoms with van der Waals surface area (Å²) < 4.78 is 18.9. The van der Waals surface area contributed by atoms with Crippen LogP contribution in [0.1, 0.15) is 21.6 Å². The molecule has 3 aromatic rings. The second kappa shape index (κ2) is 7.89. The maximum Gasteiger partial charge on any atom is 0.261 e. The molecule has 0 saturated heterocycles. The molecule has 4 rings (SSSR count). The summed E-state index contributed by atoms with van der Waals surface area (Å²) in [6.07, 6.45) is 0. The van der Waals surface area contributed by atoms with Gasteiger partial charge in [-0.15, -0.1) is 0 Å². The van der Waals surface area contributed by atoms with Gasteiger partial charge in [0.1, 0.15) is 12.5 Å². The number of pyridine rings is 1. The molecule has 8 heteroatoms. The van der Waals surface area contributed by atoms with Crippen LogP contribution >= 0.6 is 11.6 Å². The topological polar surface area (TPSA) is 50.0 Å². The molecule has 156 valence electrons. The van der Waals surface area contributed by atoms with Gasteiger partial charge in [-0.05, 0) is 55.8 Å². The number of benzene rings is 2. The summed E-state index contributed by atoms with van der Waals surface area (Å²) in [4.78, 5) is 24.7. The smallest absolute Gasteiger partial charge is 0.261 e. The van der Waals surface area contributed by atoms with Crippen molar-refractivity contribution in [3.63, 3.8) is 0 Å². The number of aromatic nitrogens is 1. The van der Waals surface area contributed by atoms with Gasteiger partial charge in [-0.2, -0.15) is 0 Å². The monoisotopic (exact) mass is 436 g/mol. The second-order valence-electron chi connectivity index (χ2n) is 7.12. The van der Waals surface area contributed by atoms with E-state index >= 15 is 0 Å². The number of carbonyl (C=O) groups is 1. The molecule has 0 spiro atoms. The molecule has 0 fully saturated rings. The lowest BCUT2D eigenvalue weighted by molar-refractivity contribution is 0.0983. The first-order valence-corrected chi connectivity index (χ1v) is 9.80. The van der Waals surface area contributed by atoms with Crippen LogP contribution in [0.5, 0.6) is 5.88 Å². The molecule has 0 radical (unpaired) electrons. The third kappa shape index (κ3) is 3.56. The van der Waals surface area contributed by atoms with Gasteiger partial charge in [-0.3, -0.25) is 9.69 Å². The van der Waals surface area contributed by atoms with E-state index in [1.165, 1.54) is 25.3 Å². The molecule has 1 aliphatic heterocycles. The Hall–Kier alpha value is -3.63. The van der Waals surface area contributed by atoms with E-state index in [1.807, 2.05) is 4.90 Å². The van der Waals surface area contributed by atoms with Crippen LogP contribution in [0.15, 0.2) is 42.5 Å². The van der Waals surface area contributed by atoms with Gasteiger partial charge in [0.25, 0.3) is 5.91 Å². The summed E-state index contributed by atoms with van der Waals surface area (Å²) in [5.41, 5.74) is 3.80. The van der Waals surface area contributed by atoms with Crippen molar-refractivity contribution in [3.05, 3.63) is 81.5 Å². The van der Waals surface area contributed by atoms with Crippen molar-refractivity contribution in [2.75, 3.05) is 23.6 Å². The first-order valence-electron chi connectivity index (χ1n) is 9.42. The highest BCUT2D eigenvalue weighted by molar-refractivity contribution is 6.34. The van der Waals surface area contributed by atoms with Crippen LogP contribution in [0.4, 0.5) is 27.1 Å². The van der Waals surface area contributed by atoms with Crippen molar-refractivity contribution in [2.45, 2.75) is 13.8 Å². The SMILES string of the molecule is [C-]#[N+]c1cc2c(cc1Cl)C(=O)N(c1ccc(OC)nc1C)CN2c1ccc(F)cc1C. The van der Waals surface area contributed by atoms with Gasteiger partial charge in [-0.25, -0.2) is 14.2 Å². The van der Waals surface area contributed by atoms with Crippen molar-refractivity contribution in [2.24, 2.45) is 0 Å². The number of amides is 1. The molecule has 1 aromatic heterocycles. The second-order valence-corrected chi connectivity index (χ2v) is 7.53. The highest BCUT2D eigenvalue weighted by Crippen LogP contribution is 2.42. The molecule has 2 aromatic carbocycles. The van der Waals surface area contributed by atoms with E-state index in [1.54, 1.807) is 43.0 Å². The number of nitrogens with zero attached hydrogens (tertiary/aromatic N) is 4. The molecule has 0 atom stereocenters. The molecule has 31 heavy (non-hydrogen) atoms. The van der Waals surface area contributed by atoms with Crippen molar-refractivity contribution < 1.29 is 13.9 Å². The molecule has 0 unspecified atom stereocenters. The zero-order chi connectivity index (χ0) is 22.3. The van der Waals surface area contributed by atoms with Crippen LogP contribution in [0.2, 0.25) is 5.02 Å². The van der Waals surface area contributed by atoms with Crippen LogP contribution < -0.4 is 14.5 Å². The third-order valence-electron chi connectivity index (χ3n) is 5.22. The van der Waals surface area contributed by atoms with E-state index in [9.17, 15) is 9.18 Å². The van der Waals surface area contributed by atoms with E-state index in [-0.39, 0.29) is 29.1 Å². The predicted molar refractivity (Wildman–Crippen MR) is 118 cm³/mol. The highest BCUT2D eigenvalue weighted by atomic mass is 35.5. The molecule has 0 saturated carbocycles. The average Bonchev–Trinajstić information content (AvgIpc) is 2.75. The number of hydrogen-bond donors (Lipinski definition) is 0. The zero-order valence-electron chi connectivity index (χ0n) is 17.1. The van der Waals surface area contributed by atoms with Gasteiger partial charge in [-0.1, -0.05) is 11.6 Å².